The van der Waals surface area contributed by atoms with Gasteiger partial charge in [0.25, 0.3) is 0 Å². The maximum atomic E-state index is 9.79. The molecule has 0 fully saturated rings. The minimum Gasteiger partial charge on any atom is -0.508 e. The highest BCUT2D eigenvalue weighted by molar-refractivity contribution is 14.1. The minimum atomic E-state index is -0.667. The topological polar surface area (TPSA) is 75.7 Å². The van der Waals surface area contributed by atoms with Crippen LogP contribution in [0.2, 0.25) is 0 Å². The number of aliphatic hydroxyl groups is 1. The van der Waals surface area contributed by atoms with Gasteiger partial charge in [0.1, 0.15) is 11.5 Å². The molecule has 6 heteroatoms. The molecule has 20 heavy (non-hydrogen) atoms. The van der Waals surface area contributed by atoms with E-state index in [1.165, 1.54) is 0 Å². The molecule has 0 saturated carbocycles. The summed E-state index contributed by atoms with van der Waals surface area (Å²) in [4.78, 5) is 0. The molecule has 2 aromatic carbocycles. The molecule has 0 radical (unpaired) electrons. The van der Waals surface area contributed by atoms with Gasteiger partial charge in [-0.3, -0.25) is 0 Å². The average molecular weight is 497 g/mol. The Bertz CT molecular complexity index is 579. The zero-order chi connectivity index (χ0) is 14.7. The molecule has 0 aliphatic carbocycles. The van der Waals surface area contributed by atoms with Crippen molar-refractivity contribution in [1.29, 1.82) is 0 Å². The number of nitrogens with two attached hydrogens (primary N) is 1. The molecule has 4 nitrogen and oxygen atoms in total. The first-order valence-electron chi connectivity index (χ1n) is 5.85. The first-order chi connectivity index (χ1) is 9.51. The van der Waals surface area contributed by atoms with Gasteiger partial charge in [0, 0.05) is 6.54 Å². The van der Waals surface area contributed by atoms with Gasteiger partial charge in [0.2, 0.25) is 0 Å². The molecule has 0 aliphatic heterocycles. The Kier molecular flexibility index (Phi) is 5.47. The molecule has 4 N–H and O–H groups in total. The van der Waals surface area contributed by atoms with E-state index in [-0.39, 0.29) is 12.3 Å². The fourth-order valence-corrected chi connectivity index (χ4v) is 3.67. The second kappa shape index (κ2) is 6.92. The van der Waals surface area contributed by atoms with Gasteiger partial charge in [-0.15, -0.1) is 0 Å². The van der Waals surface area contributed by atoms with Crippen molar-refractivity contribution in [3.05, 3.63) is 49.1 Å². The number of aliphatic hydroxyl groups excluding tert-OH is 1. The number of hydrogen-bond donors (Lipinski definition) is 3. The second-order valence-electron chi connectivity index (χ2n) is 4.16. The maximum absolute atomic E-state index is 9.79. The van der Waals surface area contributed by atoms with Crippen molar-refractivity contribution in [3.8, 4) is 17.2 Å². The third kappa shape index (κ3) is 3.74. The number of aromatic hydroxyl groups is 1. The Morgan fingerprint density at radius 3 is 2.15 bits per heavy atom. The van der Waals surface area contributed by atoms with Crippen molar-refractivity contribution in [2.24, 2.45) is 5.73 Å². The smallest absolute Gasteiger partial charge is 0.154 e. The summed E-state index contributed by atoms with van der Waals surface area (Å²) in [5, 5.41) is 19.0. The van der Waals surface area contributed by atoms with Crippen molar-refractivity contribution >= 4 is 45.2 Å². The summed E-state index contributed by atoms with van der Waals surface area (Å²) in [6.07, 6.45) is -0.667. The van der Waals surface area contributed by atoms with E-state index in [0.29, 0.717) is 5.75 Å². The van der Waals surface area contributed by atoms with Crippen molar-refractivity contribution < 1.29 is 14.9 Å². The Hall–Kier alpha value is -0.580. The molecule has 0 amide bonds. The Balaban J connectivity index is 2.30. The monoisotopic (exact) mass is 497 g/mol. The summed E-state index contributed by atoms with van der Waals surface area (Å²) in [5.74, 6) is 1.57. The lowest BCUT2D eigenvalue weighted by Gasteiger charge is -2.14. The molecule has 0 bridgehead atoms. The molecule has 2 aromatic rings. The van der Waals surface area contributed by atoms with Crippen LogP contribution in [0.4, 0.5) is 0 Å². The second-order valence-corrected chi connectivity index (χ2v) is 6.49. The standard InChI is InChI=1S/C14H13I2NO3/c15-11-5-8(13(19)7-17)6-12(16)14(11)20-10-3-1-9(18)2-4-10/h1-6,13,18-19H,7,17H2/t13-/m0/s1. The van der Waals surface area contributed by atoms with Gasteiger partial charge >= 0.3 is 0 Å². The van der Waals surface area contributed by atoms with Gasteiger partial charge in [-0.2, -0.15) is 0 Å². The van der Waals surface area contributed by atoms with Crippen LogP contribution in [-0.4, -0.2) is 16.8 Å². The molecule has 0 unspecified atom stereocenters. The number of halogens is 2. The van der Waals surface area contributed by atoms with Crippen LogP contribution in [0.25, 0.3) is 0 Å². The summed E-state index contributed by atoms with van der Waals surface area (Å²) in [6.45, 7) is 0.185. The summed E-state index contributed by atoms with van der Waals surface area (Å²) in [5.41, 5.74) is 6.25. The van der Waals surface area contributed by atoms with Gasteiger partial charge in [-0.05, 0) is 87.1 Å². The number of benzene rings is 2. The van der Waals surface area contributed by atoms with Crippen LogP contribution in [0.15, 0.2) is 36.4 Å². The lowest BCUT2D eigenvalue weighted by molar-refractivity contribution is 0.186. The maximum Gasteiger partial charge on any atom is 0.154 e. The van der Waals surface area contributed by atoms with Crippen molar-refractivity contribution in [3.63, 3.8) is 0 Å². The molecule has 1 atom stereocenters. The van der Waals surface area contributed by atoms with Crippen LogP contribution in [0.1, 0.15) is 11.7 Å². The Morgan fingerprint density at radius 2 is 1.65 bits per heavy atom. The van der Waals surface area contributed by atoms with E-state index >= 15 is 0 Å². The Morgan fingerprint density at radius 1 is 1.10 bits per heavy atom. The van der Waals surface area contributed by atoms with Crippen molar-refractivity contribution in [2.75, 3.05) is 6.54 Å². The minimum absolute atomic E-state index is 0.185. The SMILES string of the molecule is NC[C@H](O)c1cc(I)c(Oc2ccc(O)cc2)c(I)c1. The highest BCUT2D eigenvalue weighted by Gasteiger charge is 2.13. The van der Waals surface area contributed by atoms with Crippen molar-refractivity contribution in [1.82, 2.24) is 0 Å². The fourth-order valence-electron chi connectivity index (χ4n) is 1.64. The van der Waals surface area contributed by atoms with Gasteiger partial charge in [0.15, 0.2) is 5.75 Å². The van der Waals surface area contributed by atoms with E-state index < -0.39 is 6.10 Å². The van der Waals surface area contributed by atoms with E-state index in [1.807, 2.05) is 12.1 Å². The molecule has 0 heterocycles. The molecule has 106 valence electrons. The third-order valence-electron chi connectivity index (χ3n) is 2.69. The summed E-state index contributed by atoms with van der Waals surface area (Å²) < 4.78 is 7.61. The molecular formula is C14H13I2NO3. The lowest BCUT2D eigenvalue weighted by Crippen LogP contribution is -2.12. The highest BCUT2D eigenvalue weighted by Crippen LogP contribution is 2.34. The number of ether oxygens (including phenoxy) is 1. The van der Waals surface area contributed by atoms with E-state index in [9.17, 15) is 10.2 Å². The summed E-state index contributed by atoms with van der Waals surface area (Å²) >= 11 is 4.33. The average Bonchev–Trinajstić information content (AvgIpc) is 2.43. The van der Waals surface area contributed by atoms with E-state index in [0.717, 1.165) is 18.5 Å². The van der Waals surface area contributed by atoms with Crippen LogP contribution in [0.5, 0.6) is 17.2 Å². The van der Waals surface area contributed by atoms with Crippen LogP contribution in [0, 0.1) is 7.14 Å². The van der Waals surface area contributed by atoms with E-state index in [4.69, 9.17) is 10.5 Å². The molecule has 0 saturated heterocycles. The quantitative estimate of drug-likeness (QED) is 0.567. The van der Waals surface area contributed by atoms with Gasteiger partial charge in [-0.25, -0.2) is 0 Å². The normalized spacial score (nSPS) is 12.2. The highest BCUT2D eigenvalue weighted by atomic mass is 127. The van der Waals surface area contributed by atoms with Crippen LogP contribution >= 0.6 is 45.2 Å². The molecule has 0 spiro atoms. The summed E-state index contributed by atoms with van der Waals surface area (Å²) in [6, 6.07) is 10.3. The first-order valence-corrected chi connectivity index (χ1v) is 8.01. The number of hydrogen-bond acceptors (Lipinski definition) is 4. The van der Waals surface area contributed by atoms with Crippen LogP contribution in [0.3, 0.4) is 0 Å². The molecule has 0 aromatic heterocycles. The summed E-state index contributed by atoms with van der Waals surface area (Å²) in [7, 11) is 0. The first kappa shape index (κ1) is 15.8. The largest absolute Gasteiger partial charge is 0.508 e. The van der Waals surface area contributed by atoms with Crippen LogP contribution in [-0.2, 0) is 0 Å². The molecular weight excluding hydrogens is 484 g/mol. The predicted octanol–water partition coefficient (Wildman–Crippen LogP) is 3.39. The predicted molar refractivity (Wildman–Crippen MR) is 94.1 cm³/mol. The van der Waals surface area contributed by atoms with E-state index in [1.54, 1.807) is 24.3 Å². The van der Waals surface area contributed by atoms with Gasteiger partial charge in [0.05, 0.1) is 13.2 Å². The van der Waals surface area contributed by atoms with E-state index in [2.05, 4.69) is 45.2 Å². The number of rotatable bonds is 4. The zero-order valence-electron chi connectivity index (χ0n) is 10.4. The lowest BCUT2D eigenvalue weighted by atomic mass is 10.1. The number of phenols is 1. The van der Waals surface area contributed by atoms with Crippen molar-refractivity contribution in [2.45, 2.75) is 6.10 Å². The fraction of sp³-hybridized carbons (Fsp3) is 0.143. The van der Waals surface area contributed by atoms with Gasteiger partial charge < -0.3 is 20.7 Å². The van der Waals surface area contributed by atoms with Gasteiger partial charge in [-0.1, -0.05) is 0 Å². The third-order valence-corrected chi connectivity index (χ3v) is 4.29. The zero-order valence-corrected chi connectivity index (χ0v) is 14.7. The Labute approximate surface area is 144 Å². The number of phenolic OH excluding ortho intramolecular Hbond substituents is 1. The molecule has 2 rings (SSSR count). The van der Waals surface area contributed by atoms with Crippen LogP contribution < -0.4 is 10.5 Å². The molecule has 0 aliphatic rings.